The Balaban J connectivity index is 2.19. The number of rotatable bonds is 3. The van der Waals surface area contributed by atoms with Crippen LogP contribution in [0.5, 0.6) is 0 Å². The van der Waals surface area contributed by atoms with E-state index in [-0.39, 0.29) is 5.91 Å². The van der Waals surface area contributed by atoms with Crippen LogP contribution in [0.4, 0.5) is 0 Å². The lowest BCUT2D eigenvalue weighted by Gasteiger charge is -2.33. The molecule has 0 atom stereocenters. The number of aryl methyl sites for hydroxylation is 2. The molecule has 102 valence electrons. The monoisotopic (exact) mass is 260 g/mol. The number of carbonyl (C=O) groups excluding carboxylic acids is 2. The fraction of sp³-hybridized carbons (Fsp3) is 0.467. The Morgan fingerprint density at radius 3 is 2.63 bits per heavy atom. The van der Waals surface area contributed by atoms with E-state index in [2.05, 4.69) is 10.6 Å². The number of amides is 1. The predicted octanol–water partition coefficient (Wildman–Crippen LogP) is 1.35. The number of benzene rings is 1. The third kappa shape index (κ3) is 3.01. The Labute approximate surface area is 113 Å². The normalized spacial score (nSPS) is 17.8. The molecule has 19 heavy (non-hydrogen) atoms. The lowest BCUT2D eigenvalue weighted by molar-refractivity contribution is -0.114. The minimum Gasteiger partial charge on any atom is -0.340 e. The third-order valence-electron chi connectivity index (χ3n) is 3.72. The summed E-state index contributed by atoms with van der Waals surface area (Å²) < 4.78 is 0. The fourth-order valence-electron chi connectivity index (χ4n) is 2.42. The second-order valence-electron chi connectivity index (χ2n) is 5.30. The summed E-state index contributed by atoms with van der Waals surface area (Å²) in [6.07, 6.45) is 2.18. The highest BCUT2D eigenvalue weighted by molar-refractivity contribution is 5.97. The molecule has 1 aliphatic heterocycles. The molecule has 0 aliphatic carbocycles. The number of hydrogen-bond donors (Lipinski definition) is 2. The van der Waals surface area contributed by atoms with Crippen LogP contribution in [0.1, 0.15) is 34.3 Å². The van der Waals surface area contributed by atoms with Crippen LogP contribution in [0.25, 0.3) is 0 Å². The first-order valence-corrected chi connectivity index (χ1v) is 6.63. The minimum atomic E-state index is -0.710. The smallest absolute Gasteiger partial charge is 0.252 e. The Bertz CT molecular complexity index is 491. The third-order valence-corrected chi connectivity index (χ3v) is 3.72. The highest BCUT2D eigenvalue weighted by Gasteiger charge is 2.33. The van der Waals surface area contributed by atoms with Gasteiger partial charge in [-0.2, -0.15) is 0 Å². The van der Waals surface area contributed by atoms with Gasteiger partial charge in [-0.25, -0.2) is 0 Å². The van der Waals surface area contributed by atoms with Crippen LogP contribution in [-0.2, 0) is 4.79 Å². The average molecular weight is 260 g/mol. The van der Waals surface area contributed by atoms with E-state index in [1.165, 1.54) is 0 Å². The molecule has 1 aliphatic rings. The molecule has 4 heteroatoms. The number of carbonyl (C=O) groups is 2. The van der Waals surface area contributed by atoms with Crippen molar-refractivity contribution < 1.29 is 9.59 Å². The summed E-state index contributed by atoms with van der Waals surface area (Å²) in [6.45, 7) is 5.37. The van der Waals surface area contributed by atoms with Gasteiger partial charge >= 0.3 is 0 Å². The number of piperidine rings is 1. The van der Waals surface area contributed by atoms with Gasteiger partial charge in [0.1, 0.15) is 6.29 Å². The van der Waals surface area contributed by atoms with E-state index >= 15 is 0 Å². The summed E-state index contributed by atoms with van der Waals surface area (Å²) in [5, 5.41) is 6.12. The molecule has 0 unspecified atom stereocenters. The van der Waals surface area contributed by atoms with E-state index in [0.29, 0.717) is 18.4 Å². The van der Waals surface area contributed by atoms with Crippen LogP contribution in [-0.4, -0.2) is 30.8 Å². The first-order chi connectivity index (χ1) is 9.06. The number of nitrogens with one attached hydrogen (secondary N) is 2. The molecule has 1 aromatic carbocycles. The van der Waals surface area contributed by atoms with E-state index in [9.17, 15) is 9.59 Å². The average Bonchev–Trinajstić information content (AvgIpc) is 2.42. The first kappa shape index (κ1) is 13.7. The lowest BCUT2D eigenvalue weighted by Crippen LogP contribution is -2.55. The molecule has 4 nitrogen and oxygen atoms in total. The molecule has 2 rings (SSSR count). The standard InChI is InChI=1S/C15H20N2O2/c1-11-3-4-12(2)13(9-11)14(19)17-15(10-18)5-7-16-8-6-15/h3-4,9-10,16H,5-8H2,1-2H3,(H,17,19). The maximum Gasteiger partial charge on any atom is 0.252 e. The second-order valence-corrected chi connectivity index (χ2v) is 5.30. The van der Waals surface area contributed by atoms with Crippen LogP contribution >= 0.6 is 0 Å². The van der Waals surface area contributed by atoms with Crippen molar-refractivity contribution in [3.63, 3.8) is 0 Å². The Morgan fingerprint density at radius 2 is 2.00 bits per heavy atom. The van der Waals surface area contributed by atoms with Crippen LogP contribution < -0.4 is 10.6 Å². The van der Waals surface area contributed by atoms with E-state index in [4.69, 9.17) is 0 Å². The molecule has 0 aromatic heterocycles. The highest BCUT2D eigenvalue weighted by atomic mass is 16.2. The molecule has 1 saturated heterocycles. The van der Waals surface area contributed by atoms with Gasteiger partial charge in [0, 0.05) is 5.56 Å². The van der Waals surface area contributed by atoms with Crippen LogP contribution in [0.3, 0.4) is 0 Å². The SMILES string of the molecule is Cc1ccc(C)c(C(=O)NC2(C=O)CCNCC2)c1. The van der Waals surface area contributed by atoms with Gasteiger partial charge in [0.05, 0.1) is 5.54 Å². The van der Waals surface area contributed by atoms with Gasteiger partial charge in [-0.3, -0.25) is 4.79 Å². The van der Waals surface area contributed by atoms with Gasteiger partial charge in [0.2, 0.25) is 0 Å². The molecule has 0 bridgehead atoms. The van der Waals surface area contributed by atoms with Crippen molar-refractivity contribution in [1.82, 2.24) is 10.6 Å². The molecule has 0 radical (unpaired) electrons. The van der Waals surface area contributed by atoms with Gasteiger partial charge in [-0.15, -0.1) is 0 Å². The molecule has 1 fully saturated rings. The summed E-state index contributed by atoms with van der Waals surface area (Å²) in [5.74, 6) is -0.157. The Hall–Kier alpha value is -1.68. The summed E-state index contributed by atoms with van der Waals surface area (Å²) in [4.78, 5) is 23.7. The molecule has 1 aromatic rings. The largest absolute Gasteiger partial charge is 0.340 e. The first-order valence-electron chi connectivity index (χ1n) is 6.63. The molecular weight excluding hydrogens is 240 g/mol. The second kappa shape index (κ2) is 5.53. The number of hydrogen-bond acceptors (Lipinski definition) is 3. The molecule has 2 N–H and O–H groups in total. The van der Waals surface area contributed by atoms with Crippen LogP contribution in [0, 0.1) is 13.8 Å². The van der Waals surface area contributed by atoms with Crippen molar-refractivity contribution >= 4 is 12.2 Å². The van der Waals surface area contributed by atoms with Gasteiger partial charge in [-0.05, 0) is 51.4 Å². The maximum atomic E-state index is 12.4. The van der Waals surface area contributed by atoms with Crippen molar-refractivity contribution in [1.29, 1.82) is 0 Å². The van der Waals surface area contributed by atoms with Crippen molar-refractivity contribution in [3.05, 3.63) is 34.9 Å². The zero-order valence-electron chi connectivity index (χ0n) is 11.5. The quantitative estimate of drug-likeness (QED) is 0.807. The van der Waals surface area contributed by atoms with Crippen LogP contribution in [0.15, 0.2) is 18.2 Å². The summed E-state index contributed by atoms with van der Waals surface area (Å²) in [5.41, 5.74) is 1.91. The van der Waals surface area contributed by atoms with Crippen molar-refractivity contribution in [2.24, 2.45) is 0 Å². The summed E-state index contributed by atoms with van der Waals surface area (Å²) in [6, 6.07) is 5.77. The molecule has 0 spiro atoms. The molecule has 0 saturated carbocycles. The van der Waals surface area contributed by atoms with Crippen molar-refractivity contribution in [3.8, 4) is 0 Å². The topological polar surface area (TPSA) is 58.2 Å². The number of aldehydes is 1. The van der Waals surface area contributed by atoms with Gasteiger partial charge < -0.3 is 15.4 Å². The van der Waals surface area contributed by atoms with Gasteiger partial charge in [0.25, 0.3) is 5.91 Å². The van der Waals surface area contributed by atoms with E-state index < -0.39 is 5.54 Å². The van der Waals surface area contributed by atoms with E-state index in [1.54, 1.807) is 0 Å². The van der Waals surface area contributed by atoms with Gasteiger partial charge in [0.15, 0.2) is 0 Å². The van der Waals surface area contributed by atoms with Crippen molar-refractivity contribution in [2.75, 3.05) is 13.1 Å². The highest BCUT2D eigenvalue weighted by Crippen LogP contribution is 2.18. The summed E-state index contributed by atoms with van der Waals surface area (Å²) >= 11 is 0. The predicted molar refractivity (Wildman–Crippen MR) is 74.3 cm³/mol. The fourth-order valence-corrected chi connectivity index (χ4v) is 2.42. The minimum absolute atomic E-state index is 0.157. The molecule has 1 amide bonds. The zero-order chi connectivity index (χ0) is 13.9. The van der Waals surface area contributed by atoms with E-state index in [0.717, 1.165) is 30.5 Å². The zero-order valence-corrected chi connectivity index (χ0v) is 11.5. The maximum absolute atomic E-state index is 12.4. The Morgan fingerprint density at radius 1 is 1.32 bits per heavy atom. The lowest BCUT2D eigenvalue weighted by atomic mass is 9.89. The van der Waals surface area contributed by atoms with Crippen molar-refractivity contribution in [2.45, 2.75) is 32.2 Å². The molecular formula is C15H20N2O2. The van der Waals surface area contributed by atoms with E-state index in [1.807, 2.05) is 32.0 Å². The van der Waals surface area contributed by atoms with Crippen LogP contribution in [0.2, 0.25) is 0 Å². The molecule has 1 heterocycles. The summed E-state index contributed by atoms with van der Waals surface area (Å²) in [7, 11) is 0. The van der Waals surface area contributed by atoms with Gasteiger partial charge in [-0.1, -0.05) is 17.7 Å². The Kier molecular flexibility index (Phi) is 4.00.